The van der Waals surface area contributed by atoms with E-state index in [4.69, 9.17) is 23.5 Å². The molecule has 1 unspecified atom stereocenters. The predicted molar refractivity (Wildman–Crippen MR) is 155 cm³/mol. The Balaban J connectivity index is 1.29. The zero-order chi connectivity index (χ0) is 27.0. The molecule has 1 aliphatic heterocycles. The van der Waals surface area contributed by atoms with Gasteiger partial charge >= 0.3 is 13.2 Å². The number of aromatic nitrogens is 2. The number of rotatable bonds is 9. The van der Waals surface area contributed by atoms with Crippen molar-refractivity contribution in [2.24, 2.45) is 5.92 Å². The van der Waals surface area contributed by atoms with Crippen molar-refractivity contribution in [2.45, 2.75) is 84.2 Å². The summed E-state index contributed by atoms with van der Waals surface area (Å²) in [5.41, 5.74) is 0.581. The van der Waals surface area contributed by atoms with E-state index >= 15 is 0 Å². The number of benzene rings is 1. The fourth-order valence-electron chi connectivity index (χ4n) is 4.34. The molecule has 1 saturated heterocycles. The molecule has 1 amide bonds. The third kappa shape index (κ3) is 6.90. The molecule has 0 radical (unpaired) electrons. The van der Waals surface area contributed by atoms with Crippen LogP contribution in [0, 0.1) is 5.92 Å². The van der Waals surface area contributed by atoms with Crippen molar-refractivity contribution in [3.05, 3.63) is 18.3 Å². The summed E-state index contributed by atoms with van der Waals surface area (Å²) in [6.07, 6.45) is 3.75. The van der Waals surface area contributed by atoms with Crippen LogP contribution in [-0.4, -0.2) is 65.4 Å². The van der Waals surface area contributed by atoms with Crippen LogP contribution in [0.5, 0.6) is 5.75 Å². The van der Waals surface area contributed by atoms with E-state index in [1.807, 2.05) is 37.5 Å². The second kappa shape index (κ2) is 11.2. The second-order valence-corrected chi connectivity index (χ2v) is 13.8. The van der Waals surface area contributed by atoms with E-state index in [0.29, 0.717) is 32.1 Å². The van der Waals surface area contributed by atoms with Gasteiger partial charge in [0.05, 0.1) is 41.3 Å². The number of carbonyl (C=O) groups excluding carboxylic acids is 1. The molecule has 1 saturated carbocycles. The number of carbonyl (C=O) groups is 1. The third-order valence-electron chi connectivity index (χ3n) is 7.07. The number of alkyl carbamates (subject to hydrolysis) is 1. The number of nitrogens with one attached hydrogen (secondary N) is 1. The van der Waals surface area contributed by atoms with Crippen LogP contribution in [-0.2, 0) is 18.8 Å². The van der Waals surface area contributed by atoms with E-state index in [2.05, 4.69) is 66.2 Å². The summed E-state index contributed by atoms with van der Waals surface area (Å²) in [5, 5.41) is 8.40. The van der Waals surface area contributed by atoms with Crippen molar-refractivity contribution in [1.29, 1.82) is 0 Å². The van der Waals surface area contributed by atoms with Gasteiger partial charge in [-0.3, -0.25) is 0 Å². The lowest BCUT2D eigenvalue weighted by molar-refractivity contribution is 0.00578. The zero-order valence-electron chi connectivity index (χ0n) is 22.7. The summed E-state index contributed by atoms with van der Waals surface area (Å²) >= 11 is 2.32. The van der Waals surface area contributed by atoms with E-state index in [0.717, 1.165) is 35.0 Å². The molecule has 9 nitrogen and oxygen atoms in total. The van der Waals surface area contributed by atoms with Gasteiger partial charge in [-0.15, -0.1) is 0 Å². The highest BCUT2D eigenvalue weighted by molar-refractivity contribution is 14.2. The van der Waals surface area contributed by atoms with Gasteiger partial charge in [-0.1, -0.05) is 0 Å². The molecule has 1 aromatic heterocycles. The quantitative estimate of drug-likeness (QED) is 0.181. The second-order valence-electron chi connectivity index (χ2n) is 11.8. The summed E-state index contributed by atoms with van der Waals surface area (Å²) < 4.78 is 31.9. The molecule has 1 aromatic carbocycles. The lowest BCUT2D eigenvalue weighted by Gasteiger charge is -2.35. The Kier molecular flexibility index (Phi) is 8.70. The highest BCUT2D eigenvalue weighted by Gasteiger charge is 2.52. The summed E-state index contributed by atoms with van der Waals surface area (Å²) in [6.45, 7) is 15.3. The third-order valence-corrected chi connectivity index (χ3v) is 8.96. The monoisotopic (exact) mass is 645 g/mol. The fourth-order valence-corrected chi connectivity index (χ4v) is 5.87. The molecule has 2 heterocycles. The maximum atomic E-state index is 11.9. The van der Waals surface area contributed by atoms with Gasteiger partial charge in [-0.05, 0) is 107 Å². The maximum absolute atomic E-state index is 11.9. The fraction of sp³-hybridized carbons (Fsp3) is 0.680. The summed E-state index contributed by atoms with van der Waals surface area (Å²) in [4.78, 5) is 11.9. The van der Waals surface area contributed by atoms with Gasteiger partial charge in [-0.25, -0.2) is 9.25 Å². The predicted octanol–water partition coefficient (Wildman–Crippen LogP) is 4.83. The smallest absolute Gasteiger partial charge is 0.490 e. The first-order valence-corrected chi connectivity index (χ1v) is 16.8. The van der Waals surface area contributed by atoms with Crippen molar-refractivity contribution in [1.82, 2.24) is 14.9 Å². The topological polar surface area (TPSA) is 93.1 Å². The Labute approximate surface area is 234 Å². The van der Waals surface area contributed by atoms with Crippen LogP contribution in [0.15, 0.2) is 18.3 Å². The number of hydrogen-bond donors (Lipinski definition) is 1. The summed E-state index contributed by atoms with van der Waals surface area (Å²) in [6, 6.07) is 4.23. The average molecular weight is 645 g/mol. The number of ether oxygens (including phenoxy) is 3. The van der Waals surface area contributed by atoms with Crippen molar-refractivity contribution in [3.8, 4) is 5.75 Å². The molecule has 1 aliphatic carbocycles. The molecule has 2 aromatic rings. The molecule has 0 spiro atoms. The largest absolute Gasteiger partial charge is 0.495 e. The normalized spacial score (nSPS) is 23.0. The molecule has 1 N–H and O–H groups in total. The van der Waals surface area contributed by atoms with Gasteiger partial charge in [-0.2, -0.15) is 5.10 Å². The lowest BCUT2D eigenvalue weighted by Crippen LogP contribution is -2.47. The van der Waals surface area contributed by atoms with Crippen molar-refractivity contribution in [2.75, 3.05) is 19.8 Å². The highest BCUT2D eigenvalue weighted by atomic mass is 127. The van der Waals surface area contributed by atoms with E-state index in [-0.39, 0.29) is 12.1 Å². The van der Waals surface area contributed by atoms with Crippen molar-refractivity contribution >= 4 is 58.0 Å². The van der Waals surface area contributed by atoms with Crippen LogP contribution in [0.4, 0.5) is 4.79 Å². The molecule has 12 heteroatoms. The molecule has 2 aliphatic rings. The van der Waals surface area contributed by atoms with Gasteiger partial charge < -0.3 is 28.8 Å². The Hall–Kier alpha value is -1.14. The van der Waals surface area contributed by atoms with E-state index < -0.39 is 23.9 Å². The van der Waals surface area contributed by atoms with Crippen LogP contribution < -0.4 is 15.5 Å². The van der Waals surface area contributed by atoms with E-state index in [9.17, 15) is 4.79 Å². The highest BCUT2D eigenvalue weighted by Crippen LogP contribution is 2.38. The van der Waals surface area contributed by atoms with Gasteiger partial charge in [0.1, 0.15) is 18.0 Å². The molecule has 2 fully saturated rings. The number of fused-ring (bicyclic) bond motifs is 1. The lowest BCUT2D eigenvalue weighted by atomic mass is 9.78. The number of amides is 1. The average Bonchev–Trinajstić information content (AvgIpc) is 3.26. The first kappa shape index (κ1) is 28.9. The van der Waals surface area contributed by atoms with E-state index in [1.54, 1.807) is 0 Å². The van der Waals surface area contributed by atoms with Gasteiger partial charge in [0.2, 0.25) is 0 Å². The van der Waals surface area contributed by atoms with Crippen LogP contribution >= 0.6 is 28.4 Å². The summed E-state index contributed by atoms with van der Waals surface area (Å²) in [5.74, 6) is 1.18. The number of nitrogens with zero attached hydrogens (tertiary/aromatic N) is 2. The Morgan fingerprint density at radius 2 is 1.89 bits per heavy atom. The van der Waals surface area contributed by atoms with Gasteiger partial charge in [0.25, 0.3) is 0 Å². The molecule has 204 valence electrons. The molecule has 37 heavy (non-hydrogen) atoms. The first-order valence-electron chi connectivity index (χ1n) is 12.7. The molecule has 0 bridgehead atoms. The SMILES string of the molecule is CC(C)(C)OC(=O)NC1CC(COCCOc2cc(B3OC(C)(C)C(C)(C)O3)cc3c2cnn3PI)C1. The van der Waals surface area contributed by atoms with Crippen LogP contribution in [0.25, 0.3) is 10.9 Å². The standard InChI is InChI=1S/C25H38BIN3O6P/c1-23(2,3)34-22(31)29-18-10-16(11-18)15-32-8-9-33-21-13-17(12-20-19(21)14-28-30(20)37-27)26-35-24(4,5)25(6,7)36-26/h12-14,16,18,37H,8-11,15H2,1-7H3,(H,29,31). The molecular weight excluding hydrogens is 607 g/mol. The van der Waals surface area contributed by atoms with Crippen LogP contribution in [0.1, 0.15) is 61.3 Å². The van der Waals surface area contributed by atoms with Crippen LogP contribution in [0.2, 0.25) is 0 Å². The molecule has 1 atom stereocenters. The minimum Gasteiger partial charge on any atom is -0.490 e. The van der Waals surface area contributed by atoms with E-state index in [1.165, 1.54) is 0 Å². The number of halogens is 1. The van der Waals surface area contributed by atoms with Crippen LogP contribution in [0.3, 0.4) is 0 Å². The Morgan fingerprint density at radius 1 is 1.22 bits per heavy atom. The Morgan fingerprint density at radius 3 is 2.51 bits per heavy atom. The Bertz CT molecular complexity index is 1100. The zero-order valence-corrected chi connectivity index (χ0v) is 25.9. The van der Waals surface area contributed by atoms with Crippen molar-refractivity contribution in [3.63, 3.8) is 0 Å². The minimum atomic E-state index is -0.485. The molecule has 4 rings (SSSR count). The minimum absolute atomic E-state index is 0.154. The molecular formula is C25H38BIN3O6P. The summed E-state index contributed by atoms with van der Waals surface area (Å²) in [7, 11) is -0.477. The van der Waals surface area contributed by atoms with Gasteiger partial charge in [0.15, 0.2) is 0 Å². The maximum Gasteiger partial charge on any atom is 0.495 e. The first-order chi connectivity index (χ1) is 17.3. The van der Waals surface area contributed by atoms with Crippen molar-refractivity contribution < 1.29 is 28.3 Å². The van der Waals surface area contributed by atoms with Gasteiger partial charge in [0, 0.05) is 12.6 Å². The number of hydrogen-bond acceptors (Lipinski definition) is 7.